The molecule has 0 amide bonds. The van der Waals surface area contributed by atoms with Crippen molar-refractivity contribution in [2.45, 2.75) is 0 Å². The topological polar surface area (TPSA) is 161 Å². The number of hydrogen-bond acceptors (Lipinski definition) is 7. The maximum Gasteiger partial charge on any atom is 0.261 e. The van der Waals surface area contributed by atoms with Crippen molar-refractivity contribution in [3.8, 4) is 0 Å². The summed E-state index contributed by atoms with van der Waals surface area (Å²) < 4.78 is 51.7. The van der Waals surface area contributed by atoms with Gasteiger partial charge in [0, 0.05) is 12.4 Å². The summed E-state index contributed by atoms with van der Waals surface area (Å²) in [7, 11) is -7.33. The average Bonchev–Trinajstić information content (AvgIpc) is 1.98. The second kappa shape index (κ2) is 7.89. The van der Waals surface area contributed by atoms with E-state index in [1.165, 1.54) is 0 Å². The fraction of sp³-hybridized carbons (Fsp3) is 0.333. The van der Waals surface area contributed by atoms with Crippen LogP contribution in [0.1, 0.15) is 0 Å². The maximum atomic E-state index is 9.19. The highest BCUT2D eigenvalue weighted by Crippen LogP contribution is 1.81. The van der Waals surface area contributed by atoms with E-state index >= 15 is 0 Å². The van der Waals surface area contributed by atoms with Gasteiger partial charge in [-0.25, -0.2) is 9.97 Å². The molecule has 0 aromatic carbocycles. The average molecular weight is 287 g/mol. The minimum atomic E-state index is -3.67. The molecule has 0 aliphatic carbocycles. The Morgan fingerprint density at radius 1 is 1.00 bits per heavy atom. The molecule has 1 heterocycles. The van der Waals surface area contributed by atoms with Crippen LogP contribution < -0.4 is 5.73 Å². The Bertz CT molecular complexity index is 452. The molecule has 1 aromatic heterocycles. The van der Waals surface area contributed by atoms with Gasteiger partial charge in [0.15, 0.2) is 0 Å². The van der Waals surface area contributed by atoms with Crippen LogP contribution in [-0.4, -0.2) is 48.4 Å². The van der Waals surface area contributed by atoms with Gasteiger partial charge in [-0.3, -0.25) is 9.11 Å². The van der Waals surface area contributed by atoms with Gasteiger partial charge < -0.3 is 5.73 Å². The molecule has 0 atom stereocenters. The van der Waals surface area contributed by atoms with E-state index in [-0.39, 0.29) is 0 Å². The Kier molecular flexibility index (Phi) is 8.39. The summed E-state index contributed by atoms with van der Waals surface area (Å²) in [6.07, 6.45) is 4.63. The van der Waals surface area contributed by atoms with Crippen molar-refractivity contribution in [1.29, 1.82) is 0 Å². The Morgan fingerprint density at radius 3 is 1.35 bits per heavy atom. The summed E-state index contributed by atoms with van der Waals surface area (Å²) >= 11 is 0. The van der Waals surface area contributed by atoms with E-state index in [0.29, 0.717) is 18.5 Å². The fourth-order valence-electron chi connectivity index (χ4n) is 0.311. The minimum absolute atomic E-state index is 0.322. The molecule has 0 aliphatic heterocycles. The first kappa shape index (κ1) is 18.1. The van der Waals surface area contributed by atoms with Crippen molar-refractivity contribution in [3.63, 3.8) is 0 Å². The zero-order valence-electron chi connectivity index (χ0n) is 9.05. The van der Waals surface area contributed by atoms with E-state index in [9.17, 15) is 16.8 Å². The van der Waals surface area contributed by atoms with Gasteiger partial charge in [0.25, 0.3) is 20.2 Å². The first-order valence-corrected chi connectivity index (χ1v) is 7.46. The molecule has 0 unspecified atom stereocenters. The fourth-order valence-corrected chi connectivity index (χ4v) is 0.311. The van der Waals surface area contributed by atoms with Gasteiger partial charge >= 0.3 is 0 Å². The predicted molar refractivity (Wildman–Crippen MR) is 61.4 cm³/mol. The third kappa shape index (κ3) is 52.8. The molecule has 17 heavy (non-hydrogen) atoms. The maximum absolute atomic E-state index is 9.19. The van der Waals surface area contributed by atoms with Gasteiger partial charge in [-0.2, -0.15) is 16.8 Å². The van der Waals surface area contributed by atoms with Crippen LogP contribution in [0.3, 0.4) is 0 Å². The highest BCUT2D eigenvalue weighted by Gasteiger charge is 1.82. The Morgan fingerprint density at radius 2 is 1.24 bits per heavy atom. The summed E-state index contributed by atoms with van der Waals surface area (Å²) in [5.74, 6) is 0.322. The second-order valence-electron chi connectivity index (χ2n) is 2.57. The second-order valence-corrected chi connectivity index (χ2v) is 5.51. The number of hydrogen-bond donors (Lipinski definition) is 3. The molecule has 4 N–H and O–H groups in total. The molecule has 1 rings (SSSR count). The third-order valence-corrected chi connectivity index (χ3v) is 0.586. The van der Waals surface area contributed by atoms with Crippen LogP contribution in [0.25, 0.3) is 0 Å². The van der Waals surface area contributed by atoms with Crippen LogP contribution in [-0.2, 0) is 20.2 Å². The van der Waals surface area contributed by atoms with Crippen LogP contribution in [0.2, 0.25) is 0 Å². The SMILES string of the molecule is CS(=O)(=O)O.CS(=O)(=O)O.Nc1ncccn1. The molecule has 0 fully saturated rings. The molecule has 0 bridgehead atoms. The third-order valence-electron chi connectivity index (χ3n) is 0.586. The van der Waals surface area contributed by atoms with Crippen molar-refractivity contribution in [1.82, 2.24) is 9.97 Å². The summed E-state index contributed by atoms with van der Waals surface area (Å²) in [5.41, 5.74) is 5.14. The number of nitrogen functional groups attached to an aromatic ring is 1. The first-order valence-electron chi connectivity index (χ1n) is 3.77. The highest BCUT2D eigenvalue weighted by molar-refractivity contribution is 7.85. The molecule has 1 aromatic rings. The Labute approximate surface area is 99.2 Å². The van der Waals surface area contributed by atoms with Crippen LogP contribution in [0.15, 0.2) is 18.5 Å². The summed E-state index contributed by atoms with van der Waals surface area (Å²) in [5, 5.41) is 0. The predicted octanol–water partition coefficient (Wildman–Crippen LogP) is -0.933. The highest BCUT2D eigenvalue weighted by atomic mass is 32.2. The molecular weight excluding hydrogens is 274 g/mol. The van der Waals surface area contributed by atoms with Crippen molar-refractivity contribution in [2.24, 2.45) is 0 Å². The lowest BCUT2D eigenvalue weighted by Gasteiger charge is -1.82. The summed E-state index contributed by atoms with van der Waals surface area (Å²) in [6.45, 7) is 0. The lowest BCUT2D eigenvalue weighted by molar-refractivity contribution is 0.488. The number of anilines is 1. The number of nitrogens with zero attached hydrogens (tertiary/aromatic N) is 2. The van der Waals surface area contributed by atoms with Crippen LogP contribution in [0.4, 0.5) is 5.95 Å². The van der Waals surface area contributed by atoms with E-state index in [4.69, 9.17) is 14.8 Å². The molecule has 11 heteroatoms. The van der Waals surface area contributed by atoms with Gasteiger partial charge in [-0.1, -0.05) is 0 Å². The number of aromatic nitrogens is 2. The quantitative estimate of drug-likeness (QED) is 0.511. The number of nitrogens with two attached hydrogens (primary N) is 1. The van der Waals surface area contributed by atoms with E-state index in [1.54, 1.807) is 18.5 Å². The molecular formula is C6H13N3O6S2. The minimum Gasteiger partial charge on any atom is -0.368 e. The monoisotopic (exact) mass is 287 g/mol. The van der Waals surface area contributed by atoms with Crippen molar-refractivity contribution in [3.05, 3.63) is 18.5 Å². The van der Waals surface area contributed by atoms with Crippen molar-refractivity contribution < 1.29 is 25.9 Å². The van der Waals surface area contributed by atoms with Crippen molar-refractivity contribution in [2.75, 3.05) is 18.2 Å². The zero-order valence-corrected chi connectivity index (χ0v) is 10.7. The lowest BCUT2D eigenvalue weighted by atomic mass is 10.7. The van der Waals surface area contributed by atoms with E-state index in [2.05, 4.69) is 9.97 Å². The van der Waals surface area contributed by atoms with Crippen molar-refractivity contribution >= 4 is 26.2 Å². The van der Waals surface area contributed by atoms with Crippen LogP contribution in [0, 0.1) is 0 Å². The standard InChI is InChI=1S/C4H5N3.2CH4O3S/c5-4-6-2-1-3-7-4;2*1-5(2,3)4/h1-3H,(H2,5,6,7);2*1H3,(H,2,3,4). The largest absolute Gasteiger partial charge is 0.368 e. The molecule has 100 valence electrons. The summed E-state index contributed by atoms with van der Waals surface area (Å²) in [6, 6.07) is 1.72. The zero-order chi connectivity index (χ0) is 14.1. The number of rotatable bonds is 0. The lowest BCUT2D eigenvalue weighted by Crippen LogP contribution is -1.90. The van der Waals surface area contributed by atoms with E-state index in [0.717, 1.165) is 0 Å². The molecule has 0 radical (unpaired) electrons. The normalized spacial score (nSPS) is 10.4. The molecule has 0 aliphatic rings. The van der Waals surface area contributed by atoms with Gasteiger partial charge in [-0.05, 0) is 6.07 Å². The summed E-state index contributed by atoms with van der Waals surface area (Å²) in [4.78, 5) is 7.29. The molecule has 0 saturated carbocycles. The smallest absolute Gasteiger partial charge is 0.261 e. The Balaban J connectivity index is 0. The molecule has 9 nitrogen and oxygen atoms in total. The van der Waals surface area contributed by atoms with Crippen LogP contribution >= 0.6 is 0 Å². The van der Waals surface area contributed by atoms with Gasteiger partial charge in [-0.15, -0.1) is 0 Å². The van der Waals surface area contributed by atoms with Gasteiger partial charge in [0.2, 0.25) is 5.95 Å². The van der Waals surface area contributed by atoms with Gasteiger partial charge in [0.1, 0.15) is 0 Å². The Hall–Kier alpha value is -1.30. The molecule has 0 spiro atoms. The first-order chi connectivity index (χ1) is 7.39. The van der Waals surface area contributed by atoms with E-state index < -0.39 is 20.2 Å². The van der Waals surface area contributed by atoms with E-state index in [1.807, 2.05) is 0 Å². The van der Waals surface area contributed by atoms with Crippen LogP contribution in [0.5, 0.6) is 0 Å². The molecule has 0 saturated heterocycles. The van der Waals surface area contributed by atoms with Gasteiger partial charge in [0.05, 0.1) is 12.5 Å².